The predicted octanol–water partition coefficient (Wildman–Crippen LogP) is 5.34. The molecule has 3 heteroatoms. The van der Waals surface area contributed by atoms with Gasteiger partial charge in [0.25, 0.3) is 0 Å². The largest absolute Gasteiger partial charge is 0.312 e. The van der Waals surface area contributed by atoms with Crippen LogP contribution >= 0.6 is 23.2 Å². The van der Waals surface area contributed by atoms with E-state index in [1.54, 1.807) is 0 Å². The zero-order chi connectivity index (χ0) is 15.0. The van der Waals surface area contributed by atoms with Crippen molar-refractivity contribution in [3.8, 4) is 0 Å². The Bertz CT molecular complexity index is 474. The lowest BCUT2D eigenvalue weighted by Crippen LogP contribution is -2.44. The van der Waals surface area contributed by atoms with Crippen LogP contribution in [0.25, 0.3) is 0 Å². The quantitative estimate of drug-likeness (QED) is 0.773. The van der Waals surface area contributed by atoms with E-state index in [4.69, 9.17) is 23.2 Å². The van der Waals surface area contributed by atoms with Crippen LogP contribution in [0.1, 0.15) is 46.1 Å². The number of rotatable bonds is 5. The minimum Gasteiger partial charge on any atom is -0.312 e. The fourth-order valence-electron chi connectivity index (χ4n) is 2.70. The van der Waals surface area contributed by atoms with Gasteiger partial charge in [0.15, 0.2) is 0 Å². The highest BCUT2D eigenvalue weighted by atomic mass is 35.5. The minimum atomic E-state index is 0.153. The van der Waals surface area contributed by atoms with Gasteiger partial charge in [-0.15, -0.1) is 0 Å². The van der Waals surface area contributed by atoms with Crippen molar-refractivity contribution in [3.63, 3.8) is 0 Å². The first-order valence-electron chi connectivity index (χ1n) is 7.39. The number of nitrogens with one attached hydrogen (secondary N) is 1. The molecular weight excluding hydrogens is 289 g/mol. The average molecular weight is 314 g/mol. The minimum absolute atomic E-state index is 0.153. The molecule has 0 spiro atoms. The molecule has 20 heavy (non-hydrogen) atoms. The third-order valence-electron chi connectivity index (χ3n) is 4.19. The van der Waals surface area contributed by atoms with Crippen LogP contribution in [0.5, 0.6) is 0 Å². The van der Waals surface area contributed by atoms with Crippen LogP contribution in [0.4, 0.5) is 0 Å². The summed E-state index contributed by atoms with van der Waals surface area (Å²) in [5.41, 5.74) is 1.63. The monoisotopic (exact) mass is 313 g/mol. The molecule has 0 aliphatic heterocycles. The Hall–Kier alpha value is -0.240. The molecule has 112 valence electrons. The molecule has 1 aliphatic carbocycles. The van der Waals surface area contributed by atoms with E-state index >= 15 is 0 Å². The average Bonchev–Trinajstić information content (AvgIpc) is 3.14. The van der Waals surface area contributed by atoms with Crippen LogP contribution in [0, 0.1) is 11.3 Å². The fraction of sp³-hybridized carbons (Fsp3) is 0.647. The summed E-state index contributed by atoms with van der Waals surface area (Å²) in [7, 11) is 0. The Kier molecular flexibility index (Phi) is 4.73. The molecule has 0 bridgehead atoms. The third-order valence-corrected chi connectivity index (χ3v) is 4.78. The van der Waals surface area contributed by atoms with Gasteiger partial charge in [0, 0.05) is 22.1 Å². The van der Waals surface area contributed by atoms with Crippen molar-refractivity contribution in [1.29, 1.82) is 0 Å². The Morgan fingerprint density at radius 3 is 2.30 bits per heavy atom. The van der Waals surface area contributed by atoms with Gasteiger partial charge in [-0.1, -0.05) is 36.2 Å². The second-order valence-corrected chi connectivity index (χ2v) is 8.29. The second kappa shape index (κ2) is 5.87. The summed E-state index contributed by atoms with van der Waals surface area (Å²) in [5.74, 6) is 0.809. The predicted molar refractivity (Wildman–Crippen MR) is 88.8 cm³/mol. The molecule has 1 saturated carbocycles. The highest BCUT2D eigenvalue weighted by molar-refractivity contribution is 6.35. The van der Waals surface area contributed by atoms with Gasteiger partial charge < -0.3 is 5.32 Å². The summed E-state index contributed by atoms with van der Waals surface area (Å²) in [4.78, 5) is 0. The first-order valence-corrected chi connectivity index (χ1v) is 8.14. The van der Waals surface area contributed by atoms with E-state index in [9.17, 15) is 0 Å². The summed E-state index contributed by atoms with van der Waals surface area (Å²) in [6.07, 6.45) is 3.69. The van der Waals surface area contributed by atoms with E-state index in [0.717, 1.165) is 23.9 Å². The van der Waals surface area contributed by atoms with Gasteiger partial charge in [-0.3, -0.25) is 0 Å². The molecule has 1 N–H and O–H groups in total. The van der Waals surface area contributed by atoms with Crippen LogP contribution < -0.4 is 5.32 Å². The van der Waals surface area contributed by atoms with Crippen molar-refractivity contribution in [2.75, 3.05) is 6.54 Å². The number of halogens is 2. The molecule has 0 amide bonds. The number of hydrogen-bond donors (Lipinski definition) is 1. The lowest BCUT2D eigenvalue weighted by atomic mass is 9.78. The normalized spacial score (nSPS) is 18.9. The van der Waals surface area contributed by atoms with Gasteiger partial charge in [-0.25, -0.2) is 0 Å². The molecule has 1 atom stereocenters. The van der Waals surface area contributed by atoms with E-state index in [2.05, 4.69) is 39.1 Å². The van der Waals surface area contributed by atoms with Gasteiger partial charge in [-0.2, -0.15) is 0 Å². The summed E-state index contributed by atoms with van der Waals surface area (Å²) in [6.45, 7) is 10.1. The molecule has 0 heterocycles. The Morgan fingerprint density at radius 1 is 1.15 bits per heavy atom. The molecule has 1 aromatic carbocycles. The van der Waals surface area contributed by atoms with Gasteiger partial charge in [0.05, 0.1) is 0 Å². The molecule has 1 aromatic rings. The third kappa shape index (κ3) is 4.38. The van der Waals surface area contributed by atoms with Crippen molar-refractivity contribution in [1.82, 2.24) is 5.32 Å². The molecule has 1 fully saturated rings. The lowest BCUT2D eigenvalue weighted by Gasteiger charge is -2.34. The maximum Gasteiger partial charge on any atom is 0.0453 e. The van der Waals surface area contributed by atoms with Crippen LogP contribution in [-0.4, -0.2) is 12.1 Å². The standard InChI is InChI=1S/C17H25Cl2N/c1-16(2,3)20-11-17(4,13-6-7-13)10-12-5-8-14(18)9-15(12)19/h5,8-9,13,20H,6-7,10-11H2,1-4H3. The topological polar surface area (TPSA) is 12.0 Å². The van der Waals surface area contributed by atoms with E-state index in [0.29, 0.717) is 5.02 Å². The van der Waals surface area contributed by atoms with E-state index in [-0.39, 0.29) is 11.0 Å². The molecular formula is C17H25Cl2N. The van der Waals surface area contributed by atoms with Crippen LogP contribution in [-0.2, 0) is 6.42 Å². The number of benzene rings is 1. The van der Waals surface area contributed by atoms with Crippen molar-refractivity contribution in [2.45, 2.75) is 52.5 Å². The van der Waals surface area contributed by atoms with Crippen LogP contribution in [0.3, 0.4) is 0 Å². The SMILES string of the molecule is CC(C)(C)NCC(C)(Cc1ccc(Cl)cc1Cl)C1CC1. The lowest BCUT2D eigenvalue weighted by molar-refractivity contribution is 0.228. The zero-order valence-corrected chi connectivity index (χ0v) is 14.4. The molecule has 2 rings (SSSR count). The highest BCUT2D eigenvalue weighted by Crippen LogP contribution is 2.48. The molecule has 0 radical (unpaired) electrons. The molecule has 0 aromatic heterocycles. The van der Waals surface area contributed by atoms with E-state index in [1.807, 2.05) is 12.1 Å². The van der Waals surface area contributed by atoms with Crippen molar-refractivity contribution >= 4 is 23.2 Å². The highest BCUT2D eigenvalue weighted by Gasteiger charge is 2.41. The molecule has 0 saturated heterocycles. The maximum absolute atomic E-state index is 6.35. The summed E-state index contributed by atoms with van der Waals surface area (Å²) < 4.78 is 0. The van der Waals surface area contributed by atoms with Gasteiger partial charge in [0.2, 0.25) is 0 Å². The Labute approximate surface area is 133 Å². The fourth-order valence-corrected chi connectivity index (χ4v) is 3.17. The zero-order valence-electron chi connectivity index (χ0n) is 12.9. The van der Waals surface area contributed by atoms with Crippen molar-refractivity contribution in [3.05, 3.63) is 33.8 Å². The van der Waals surface area contributed by atoms with Crippen LogP contribution in [0.15, 0.2) is 18.2 Å². The van der Waals surface area contributed by atoms with Crippen molar-refractivity contribution < 1.29 is 0 Å². The van der Waals surface area contributed by atoms with E-state index in [1.165, 1.54) is 18.4 Å². The van der Waals surface area contributed by atoms with Gasteiger partial charge >= 0.3 is 0 Å². The smallest absolute Gasteiger partial charge is 0.0453 e. The Balaban J connectivity index is 2.12. The maximum atomic E-state index is 6.35. The first kappa shape index (κ1) is 16.1. The summed E-state index contributed by atoms with van der Waals surface area (Å²) in [6, 6.07) is 5.86. The van der Waals surface area contributed by atoms with Crippen molar-refractivity contribution in [2.24, 2.45) is 11.3 Å². The number of hydrogen-bond acceptors (Lipinski definition) is 1. The van der Waals surface area contributed by atoms with Gasteiger partial charge in [-0.05, 0) is 69.1 Å². The van der Waals surface area contributed by atoms with E-state index < -0.39 is 0 Å². The van der Waals surface area contributed by atoms with Gasteiger partial charge in [0.1, 0.15) is 0 Å². The second-order valence-electron chi connectivity index (χ2n) is 7.44. The molecule has 1 aliphatic rings. The molecule has 1 nitrogen and oxygen atoms in total. The summed E-state index contributed by atoms with van der Waals surface area (Å²) in [5, 5.41) is 5.17. The van der Waals surface area contributed by atoms with Crippen LogP contribution in [0.2, 0.25) is 10.0 Å². The molecule has 1 unspecified atom stereocenters. The Morgan fingerprint density at radius 2 is 1.80 bits per heavy atom. The first-order chi connectivity index (χ1) is 9.20. The summed E-state index contributed by atoms with van der Waals surface area (Å²) >= 11 is 12.3.